The predicted molar refractivity (Wildman–Crippen MR) is 106 cm³/mol. The zero-order valence-electron chi connectivity index (χ0n) is 15.0. The summed E-state index contributed by atoms with van der Waals surface area (Å²) in [5.74, 6) is 0.674. The number of hydrogen-bond donors (Lipinski definition) is 1. The van der Waals surface area contributed by atoms with Gasteiger partial charge in [0.15, 0.2) is 0 Å². The summed E-state index contributed by atoms with van der Waals surface area (Å²) in [6.45, 7) is 0.446. The fourth-order valence-electron chi connectivity index (χ4n) is 2.91. The summed E-state index contributed by atoms with van der Waals surface area (Å²) >= 11 is 1.43. The molecule has 1 amide bonds. The Labute approximate surface area is 160 Å². The second-order valence-electron chi connectivity index (χ2n) is 6.08. The van der Waals surface area contributed by atoms with Crippen LogP contribution >= 0.6 is 11.3 Å². The average molecular weight is 378 g/mol. The number of thiophene rings is 1. The fraction of sp³-hybridized carbons (Fsp3) is 0.150. The molecule has 4 rings (SSSR count). The molecule has 0 aliphatic rings. The van der Waals surface area contributed by atoms with E-state index in [1.165, 1.54) is 11.3 Å². The van der Waals surface area contributed by atoms with Gasteiger partial charge in [0.2, 0.25) is 0 Å². The van der Waals surface area contributed by atoms with Gasteiger partial charge >= 0.3 is 0 Å². The van der Waals surface area contributed by atoms with E-state index < -0.39 is 0 Å². The van der Waals surface area contributed by atoms with Crippen LogP contribution in [0.1, 0.15) is 15.2 Å². The molecule has 0 saturated carbocycles. The Kier molecular flexibility index (Phi) is 4.60. The zero-order valence-corrected chi connectivity index (χ0v) is 15.8. The lowest BCUT2D eigenvalue weighted by Crippen LogP contribution is -2.21. The van der Waals surface area contributed by atoms with Gasteiger partial charge in [-0.25, -0.2) is 0 Å². The van der Waals surface area contributed by atoms with Gasteiger partial charge in [-0.05, 0) is 29.8 Å². The van der Waals surface area contributed by atoms with E-state index in [1.807, 2.05) is 54.2 Å². The summed E-state index contributed by atoms with van der Waals surface area (Å²) in [7, 11) is 3.53. The van der Waals surface area contributed by atoms with Crippen molar-refractivity contribution in [3.8, 4) is 17.0 Å². The molecular weight excluding hydrogens is 360 g/mol. The Morgan fingerprint density at radius 3 is 2.93 bits per heavy atom. The number of nitrogens with zero attached hydrogens (tertiary/aromatic N) is 3. The summed E-state index contributed by atoms with van der Waals surface area (Å²) < 4.78 is 7.12. The largest absolute Gasteiger partial charge is 0.497 e. The number of pyridine rings is 1. The first-order chi connectivity index (χ1) is 13.2. The van der Waals surface area contributed by atoms with Gasteiger partial charge in [-0.15, -0.1) is 11.3 Å². The van der Waals surface area contributed by atoms with Crippen molar-refractivity contribution in [1.29, 1.82) is 0 Å². The van der Waals surface area contributed by atoms with Gasteiger partial charge in [0.1, 0.15) is 16.3 Å². The highest BCUT2D eigenvalue weighted by molar-refractivity contribution is 7.20. The number of carbonyl (C=O) groups excluding carboxylic acids is 1. The number of carbonyl (C=O) groups is 1. The fourth-order valence-corrected chi connectivity index (χ4v) is 3.90. The topological polar surface area (TPSA) is 69.0 Å². The highest BCUT2D eigenvalue weighted by Gasteiger charge is 2.18. The van der Waals surface area contributed by atoms with Crippen LogP contribution in [0, 0.1) is 0 Å². The second kappa shape index (κ2) is 7.20. The molecule has 0 aliphatic carbocycles. The van der Waals surface area contributed by atoms with Crippen LogP contribution < -0.4 is 10.1 Å². The Bertz CT molecular complexity index is 1100. The van der Waals surface area contributed by atoms with Crippen molar-refractivity contribution >= 4 is 27.5 Å². The maximum absolute atomic E-state index is 12.6. The van der Waals surface area contributed by atoms with Crippen molar-refractivity contribution in [3.05, 3.63) is 65.3 Å². The minimum absolute atomic E-state index is 0.100. The lowest BCUT2D eigenvalue weighted by molar-refractivity contribution is 0.0955. The van der Waals surface area contributed by atoms with Crippen molar-refractivity contribution < 1.29 is 9.53 Å². The predicted octanol–water partition coefficient (Wildman–Crippen LogP) is 3.64. The van der Waals surface area contributed by atoms with Crippen LogP contribution in [-0.4, -0.2) is 27.8 Å². The molecule has 0 atom stereocenters. The third-order valence-electron chi connectivity index (χ3n) is 4.25. The van der Waals surface area contributed by atoms with Crippen LogP contribution in [0.4, 0.5) is 0 Å². The quantitative estimate of drug-likeness (QED) is 0.576. The molecule has 1 N–H and O–H groups in total. The van der Waals surface area contributed by atoms with E-state index in [0.29, 0.717) is 11.4 Å². The Morgan fingerprint density at radius 1 is 1.26 bits per heavy atom. The Morgan fingerprint density at radius 2 is 2.15 bits per heavy atom. The lowest BCUT2D eigenvalue weighted by atomic mass is 10.1. The number of methoxy groups -OCH3 is 1. The highest BCUT2D eigenvalue weighted by atomic mass is 32.1. The van der Waals surface area contributed by atoms with Crippen LogP contribution in [0.3, 0.4) is 0 Å². The lowest BCUT2D eigenvalue weighted by Gasteiger charge is -2.03. The van der Waals surface area contributed by atoms with E-state index >= 15 is 0 Å². The summed E-state index contributed by atoms with van der Waals surface area (Å²) in [5.41, 5.74) is 2.76. The molecule has 27 heavy (non-hydrogen) atoms. The summed E-state index contributed by atoms with van der Waals surface area (Å²) in [6, 6.07) is 13.5. The number of ether oxygens (including phenoxy) is 1. The van der Waals surface area contributed by atoms with Gasteiger partial charge in [-0.1, -0.05) is 18.2 Å². The van der Waals surface area contributed by atoms with Crippen molar-refractivity contribution in [2.45, 2.75) is 6.54 Å². The second-order valence-corrected chi connectivity index (χ2v) is 7.11. The number of hydrogen-bond acceptors (Lipinski definition) is 5. The first-order valence-electron chi connectivity index (χ1n) is 8.44. The van der Waals surface area contributed by atoms with E-state index in [2.05, 4.69) is 15.4 Å². The zero-order chi connectivity index (χ0) is 18.8. The molecule has 0 spiro atoms. The van der Waals surface area contributed by atoms with Crippen LogP contribution in [0.15, 0.2) is 54.9 Å². The Balaban J connectivity index is 1.63. The maximum atomic E-state index is 12.6. The van der Waals surface area contributed by atoms with E-state index in [1.54, 1.807) is 19.5 Å². The molecule has 0 bridgehead atoms. The molecular formula is C20H18N4O2S. The first kappa shape index (κ1) is 17.2. The van der Waals surface area contributed by atoms with Gasteiger partial charge in [-0.2, -0.15) is 5.10 Å². The normalized spacial score (nSPS) is 10.9. The third-order valence-corrected chi connectivity index (χ3v) is 5.45. The Hall–Kier alpha value is -3.19. The SMILES string of the molecule is COc1cccc(-c2nn(C)c3sc(C(=O)NCc4cccnc4)cc23)c1. The molecule has 3 aromatic heterocycles. The molecule has 0 saturated heterocycles. The maximum Gasteiger partial charge on any atom is 0.261 e. The molecule has 1 aromatic carbocycles. The third kappa shape index (κ3) is 3.41. The molecule has 3 heterocycles. The van der Waals surface area contributed by atoms with Crippen molar-refractivity contribution in [1.82, 2.24) is 20.1 Å². The van der Waals surface area contributed by atoms with Crippen LogP contribution in [0.25, 0.3) is 21.5 Å². The molecule has 0 aliphatic heterocycles. The van der Waals surface area contributed by atoms with E-state index in [-0.39, 0.29) is 5.91 Å². The molecule has 0 radical (unpaired) electrons. The van der Waals surface area contributed by atoms with Crippen LogP contribution in [-0.2, 0) is 13.6 Å². The first-order valence-corrected chi connectivity index (χ1v) is 9.25. The smallest absolute Gasteiger partial charge is 0.261 e. The van der Waals surface area contributed by atoms with Gasteiger partial charge in [0.25, 0.3) is 5.91 Å². The average Bonchev–Trinajstić information content (AvgIpc) is 3.28. The number of benzene rings is 1. The van der Waals surface area contributed by atoms with Gasteiger partial charge < -0.3 is 10.1 Å². The monoisotopic (exact) mass is 378 g/mol. The van der Waals surface area contributed by atoms with Gasteiger partial charge in [0, 0.05) is 36.9 Å². The standard InChI is InChI=1S/C20H18N4O2S/c1-24-20-16(18(23-24)14-6-3-7-15(9-14)26-2)10-17(27-20)19(25)22-12-13-5-4-8-21-11-13/h3-11H,12H2,1-2H3,(H,22,25). The molecule has 4 aromatic rings. The molecule has 6 nitrogen and oxygen atoms in total. The summed E-state index contributed by atoms with van der Waals surface area (Å²) in [4.78, 5) is 18.3. The van der Waals surface area contributed by atoms with Crippen molar-refractivity contribution in [3.63, 3.8) is 0 Å². The number of amides is 1. The summed E-state index contributed by atoms with van der Waals surface area (Å²) in [6.07, 6.45) is 3.46. The number of rotatable bonds is 5. The molecule has 0 fully saturated rings. The van der Waals surface area contributed by atoms with Crippen LogP contribution in [0.5, 0.6) is 5.75 Å². The minimum Gasteiger partial charge on any atom is -0.497 e. The van der Waals surface area contributed by atoms with E-state index in [0.717, 1.165) is 32.8 Å². The number of aromatic nitrogens is 3. The van der Waals surface area contributed by atoms with E-state index in [4.69, 9.17) is 4.74 Å². The number of nitrogens with one attached hydrogen (secondary N) is 1. The number of aryl methyl sites for hydroxylation is 1. The van der Waals surface area contributed by atoms with E-state index in [9.17, 15) is 4.79 Å². The molecule has 136 valence electrons. The summed E-state index contributed by atoms with van der Waals surface area (Å²) in [5, 5.41) is 8.53. The molecule has 7 heteroatoms. The highest BCUT2D eigenvalue weighted by Crippen LogP contribution is 2.34. The van der Waals surface area contributed by atoms with Crippen molar-refractivity contribution in [2.24, 2.45) is 7.05 Å². The number of fused-ring (bicyclic) bond motifs is 1. The minimum atomic E-state index is -0.100. The van der Waals surface area contributed by atoms with Gasteiger partial charge in [0.05, 0.1) is 12.0 Å². The van der Waals surface area contributed by atoms with Crippen LogP contribution in [0.2, 0.25) is 0 Å². The van der Waals surface area contributed by atoms with Gasteiger partial charge in [-0.3, -0.25) is 14.5 Å². The molecule has 0 unspecified atom stereocenters. The van der Waals surface area contributed by atoms with Crippen molar-refractivity contribution in [2.75, 3.05) is 7.11 Å².